The van der Waals surface area contributed by atoms with Gasteiger partial charge in [0.2, 0.25) is 0 Å². The molecule has 0 aliphatic carbocycles. The van der Waals surface area contributed by atoms with Crippen molar-refractivity contribution in [1.29, 1.82) is 0 Å². The van der Waals surface area contributed by atoms with E-state index < -0.39 is 4.92 Å². The lowest BCUT2D eigenvalue weighted by Crippen LogP contribution is -2.62. The van der Waals surface area contributed by atoms with Gasteiger partial charge in [-0.2, -0.15) is 0 Å². The Kier molecular flexibility index (Phi) is 4.44. The maximum atomic E-state index is 12.0. The topological polar surface area (TPSA) is 90.7 Å². The third-order valence-electron chi connectivity index (χ3n) is 4.61. The molecule has 0 radical (unpaired) electrons. The van der Waals surface area contributed by atoms with Crippen molar-refractivity contribution in [3.8, 4) is 0 Å². The first-order valence-corrected chi connectivity index (χ1v) is 7.79. The minimum absolute atomic E-state index is 0.0827. The molecule has 3 aliphatic rings. The molecule has 4 rings (SSSR count). The molecule has 2 N–H and O–H groups in total. The van der Waals surface area contributed by atoms with E-state index in [1.54, 1.807) is 6.07 Å². The molecule has 124 valence electrons. The first-order chi connectivity index (χ1) is 11.1. The molecular formula is C15H21N5O3. The van der Waals surface area contributed by atoms with E-state index in [0.29, 0.717) is 17.3 Å². The predicted molar refractivity (Wildman–Crippen MR) is 86.8 cm³/mol. The van der Waals surface area contributed by atoms with Crippen LogP contribution in [0, 0.1) is 10.1 Å². The van der Waals surface area contributed by atoms with Gasteiger partial charge in [0.15, 0.2) is 0 Å². The molecule has 8 nitrogen and oxygen atoms in total. The largest absolute Gasteiger partial charge is 0.383 e. The van der Waals surface area contributed by atoms with E-state index in [-0.39, 0.29) is 11.6 Å². The van der Waals surface area contributed by atoms with Crippen LogP contribution in [0.1, 0.15) is 10.4 Å². The van der Waals surface area contributed by atoms with E-state index in [0.717, 1.165) is 39.3 Å². The highest BCUT2D eigenvalue weighted by Gasteiger charge is 2.31. The summed E-state index contributed by atoms with van der Waals surface area (Å²) >= 11 is 0. The third-order valence-corrected chi connectivity index (χ3v) is 4.61. The second-order valence-electron chi connectivity index (χ2n) is 5.94. The van der Waals surface area contributed by atoms with Crippen molar-refractivity contribution >= 4 is 17.3 Å². The van der Waals surface area contributed by atoms with Crippen molar-refractivity contribution < 1.29 is 9.72 Å². The van der Waals surface area contributed by atoms with Crippen LogP contribution in [0.15, 0.2) is 18.2 Å². The first kappa shape index (κ1) is 15.7. The van der Waals surface area contributed by atoms with Crippen LogP contribution in [-0.2, 0) is 0 Å². The Balaban J connectivity index is 1.74. The van der Waals surface area contributed by atoms with Crippen LogP contribution in [0.3, 0.4) is 0 Å². The Bertz CT molecular complexity index is 613. The van der Waals surface area contributed by atoms with Crippen molar-refractivity contribution in [3.63, 3.8) is 0 Å². The maximum Gasteiger partial charge on any atom is 0.270 e. The Labute approximate surface area is 134 Å². The zero-order valence-corrected chi connectivity index (χ0v) is 13.1. The second kappa shape index (κ2) is 6.51. The van der Waals surface area contributed by atoms with Crippen molar-refractivity contribution in [2.45, 2.75) is 6.04 Å². The summed E-state index contributed by atoms with van der Waals surface area (Å²) in [6.07, 6.45) is 0. The number of non-ortho nitro benzene ring substituents is 1. The van der Waals surface area contributed by atoms with Gasteiger partial charge >= 0.3 is 0 Å². The van der Waals surface area contributed by atoms with Gasteiger partial charge < -0.3 is 10.6 Å². The average molecular weight is 319 g/mol. The highest BCUT2D eigenvalue weighted by Crippen LogP contribution is 2.23. The smallest absolute Gasteiger partial charge is 0.270 e. The van der Waals surface area contributed by atoms with Crippen LogP contribution in [0.5, 0.6) is 0 Å². The lowest BCUT2D eigenvalue weighted by atomic mass is 10.1. The summed E-state index contributed by atoms with van der Waals surface area (Å²) in [6.45, 7) is 6.15. The molecule has 3 fully saturated rings. The Morgan fingerprint density at radius 1 is 1.35 bits per heavy atom. The maximum absolute atomic E-state index is 12.0. The van der Waals surface area contributed by atoms with E-state index in [4.69, 9.17) is 0 Å². The highest BCUT2D eigenvalue weighted by molar-refractivity contribution is 6.00. The molecule has 1 atom stereocenters. The lowest BCUT2D eigenvalue weighted by Gasteiger charge is -2.47. The molecule has 2 bridgehead atoms. The van der Waals surface area contributed by atoms with E-state index in [1.807, 2.05) is 0 Å². The molecule has 1 amide bonds. The zero-order valence-electron chi connectivity index (χ0n) is 13.1. The van der Waals surface area contributed by atoms with E-state index >= 15 is 0 Å². The molecule has 0 aromatic heterocycles. The van der Waals surface area contributed by atoms with Gasteiger partial charge in [-0.05, 0) is 6.07 Å². The molecule has 1 aromatic rings. The van der Waals surface area contributed by atoms with Crippen LogP contribution >= 0.6 is 0 Å². The van der Waals surface area contributed by atoms with E-state index in [9.17, 15) is 14.9 Å². The number of piperazine rings is 3. The van der Waals surface area contributed by atoms with Gasteiger partial charge in [-0.3, -0.25) is 24.7 Å². The number of carbonyl (C=O) groups excluding carboxylic acids is 1. The fraction of sp³-hybridized carbons (Fsp3) is 0.533. The number of nitro groups is 1. The molecule has 3 saturated heterocycles. The predicted octanol–water partition coefficient (Wildman–Crippen LogP) is 0.366. The van der Waals surface area contributed by atoms with E-state index in [1.165, 1.54) is 19.2 Å². The summed E-state index contributed by atoms with van der Waals surface area (Å²) in [7, 11) is 1.52. The first-order valence-electron chi connectivity index (χ1n) is 7.79. The van der Waals surface area contributed by atoms with Gasteiger partial charge in [-0.1, -0.05) is 0 Å². The number of amides is 1. The average Bonchev–Trinajstić information content (AvgIpc) is 2.60. The molecular weight excluding hydrogens is 298 g/mol. The van der Waals surface area contributed by atoms with Crippen molar-refractivity contribution in [1.82, 2.24) is 15.1 Å². The third kappa shape index (κ3) is 3.27. The number of nitrogens with one attached hydrogen (secondary N) is 2. The number of fused-ring (bicyclic) bond motifs is 3. The quantitative estimate of drug-likeness (QED) is 0.602. The van der Waals surface area contributed by atoms with Crippen molar-refractivity contribution in [2.24, 2.45) is 0 Å². The molecule has 1 aromatic carbocycles. The van der Waals surface area contributed by atoms with E-state index in [2.05, 4.69) is 20.4 Å². The van der Waals surface area contributed by atoms with Gasteiger partial charge in [0.05, 0.1) is 10.5 Å². The van der Waals surface area contributed by atoms with Gasteiger partial charge in [0, 0.05) is 70.2 Å². The minimum atomic E-state index is -0.491. The number of hydrogen-bond donors (Lipinski definition) is 2. The summed E-state index contributed by atoms with van der Waals surface area (Å²) < 4.78 is 0. The summed E-state index contributed by atoms with van der Waals surface area (Å²) in [5.41, 5.74) is 0.853. The van der Waals surface area contributed by atoms with Gasteiger partial charge in [-0.25, -0.2) is 0 Å². The number of anilines is 1. The summed E-state index contributed by atoms with van der Waals surface area (Å²) in [4.78, 5) is 27.3. The fourth-order valence-corrected chi connectivity index (χ4v) is 3.27. The molecule has 8 heteroatoms. The SMILES string of the molecule is CNC(=O)c1cc([N+](=O)[O-])ccc1NCC1CN2CCN1CC2. The standard InChI is InChI=1S/C15H21N5O3/c1-16-15(21)13-8-11(20(22)23)2-3-14(13)17-9-12-10-18-4-6-19(12)7-5-18/h2-3,8,12,17H,4-7,9-10H2,1H3,(H,16,21). The molecule has 23 heavy (non-hydrogen) atoms. The summed E-state index contributed by atoms with van der Waals surface area (Å²) in [5.74, 6) is -0.328. The molecule has 0 saturated carbocycles. The van der Waals surface area contributed by atoms with Crippen LogP contribution in [0.4, 0.5) is 11.4 Å². The van der Waals surface area contributed by atoms with Gasteiger partial charge in [-0.15, -0.1) is 0 Å². The molecule has 3 aliphatic heterocycles. The normalized spacial score (nSPS) is 25.9. The zero-order chi connectivity index (χ0) is 16.4. The Hall–Kier alpha value is -2.19. The number of hydrogen-bond acceptors (Lipinski definition) is 6. The molecule has 3 heterocycles. The number of rotatable bonds is 5. The highest BCUT2D eigenvalue weighted by atomic mass is 16.6. The molecule has 0 spiro atoms. The lowest BCUT2D eigenvalue weighted by molar-refractivity contribution is -0.384. The number of nitro benzene ring substituents is 1. The van der Waals surface area contributed by atoms with Gasteiger partial charge in [0.1, 0.15) is 0 Å². The van der Waals surface area contributed by atoms with Crippen molar-refractivity contribution in [3.05, 3.63) is 33.9 Å². The summed E-state index contributed by atoms with van der Waals surface area (Å²) in [6, 6.07) is 4.76. The Morgan fingerprint density at radius 3 is 2.65 bits per heavy atom. The number of carbonyl (C=O) groups is 1. The summed E-state index contributed by atoms with van der Waals surface area (Å²) in [5, 5.41) is 16.7. The number of benzene rings is 1. The number of nitrogens with zero attached hydrogens (tertiary/aromatic N) is 3. The van der Waals surface area contributed by atoms with Crippen LogP contribution < -0.4 is 10.6 Å². The fourth-order valence-electron chi connectivity index (χ4n) is 3.27. The van der Waals surface area contributed by atoms with Crippen LogP contribution in [0.25, 0.3) is 0 Å². The second-order valence-corrected chi connectivity index (χ2v) is 5.94. The monoisotopic (exact) mass is 319 g/mol. The Morgan fingerprint density at radius 2 is 2.09 bits per heavy atom. The van der Waals surface area contributed by atoms with Gasteiger partial charge in [0.25, 0.3) is 11.6 Å². The van der Waals surface area contributed by atoms with Crippen LogP contribution in [0.2, 0.25) is 0 Å². The molecule has 1 unspecified atom stereocenters. The minimum Gasteiger partial charge on any atom is -0.383 e. The van der Waals surface area contributed by atoms with Crippen molar-refractivity contribution in [2.75, 3.05) is 51.6 Å². The van der Waals surface area contributed by atoms with Crippen LogP contribution in [-0.4, -0.2) is 73.0 Å².